The van der Waals surface area contributed by atoms with Crippen LogP contribution in [0.15, 0.2) is 23.6 Å². The third-order valence-corrected chi connectivity index (χ3v) is 4.16. The van der Waals surface area contributed by atoms with E-state index in [9.17, 15) is 4.39 Å². The predicted octanol–water partition coefficient (Wildman–Crippen LogP) is 3.86. The zero-order valence-electron chi connectivity index (χ0n) is 10.3. The summed E-state index contributed by atoms with van der Waals surface area (Å²) in [5, 5.41) is 2.04. The third kappa shape index (κ3) is 2.26. The summed E-state index contributed by atoms with van der Waals surface area (Å²) in [6, 6.07) is 5.00. The van der Waals surface area contributed by atoms with Crippen molar-refractivity contribution in [3.05, 3.63) is 56.5 Å². The Morgan fingerprint density at radius 1 is 1.12 bits per heavy atom. The lowest BCUT2D eigenvalue weighted by atomic mass is 9.94. The lowest BCUT2D eigenvalue weighted by molar-refractivity contribution is 0.623. The van der Waals surface area contributed by atoms with Crippen LogP contribution in [0.5, 0.6) is 0 Å². The van der Waals surface area contributed by atoms with E-state index in [1.54, 1.807) is 23.5 Å². The first kappa shape index (κ1) is 12.3. The van der Waals surface area contributed by atoms with Gasteiger partial charge in [0.05, 0.1) is 6.04 Å². The summed E-state index contributed by atoms with van der Waals surface area (Å²) in [5.74, 6) is -0.196. The number of hydrogen-bond donors (Lipinski definition) is 1. The molecule has 1 heterocycles. The van der Waals surface area contributed by atoms with Crippen molar-refractivity contribution >= 4 is 11.3 Å². The zero-order valence-corrected chi connectivity index (χ0v) is 11.1. The van der Waals surface area contributed by atoms with Crippen molar-refractivity contribution in [3.8, 4) is 0 Å². The van der Waals surface area contributed by atoms with Gasteiger partial charge in [0.2, 0.25) is 0 Å². The van der Waals surface area contributed by atoms with E-state index in [-0.39, 0.29) is 11.9 Å². The van der Waals surface area contributed by atoms with Crippen LogP contribution in [0.3, 0.4) is 0 Å². The number of hydrogen-bond acceptors (Lipinski definition) is 2. The molecule has 1 atom stereocenters. The zero-order chi connectivity index (χ0) is 12.6. The molecule has 1 aromatic carbocycles. The highest BCUT2D eigenvalue weighted by molar-refractivity contribution is 7.10. The first-order valence-electron chi connectivity index (χ1n) is 5.57. The van der Waals surface area contributed by atoms with Crippen LogP contribution in [-0.4, -0.2) is 0 Å². The van der Waals surface area contributed by atoms with Gasteiger partial charge in [-0.25, -0.2) is 4.39 Å². The highest BCUT2D eigenvalue weighted by atomic mass is 32.1. The Hall–Kier alpha value is -1.19. The molecule has 0 aliphatic heterocycles. The van der Waals surface area contributed by atoms with Gasteiger partial charge >= 0.3 is 0 Å². The van der Waals surface area contributed by atoms with Gasteiger partial charge in [0.1, 0.15) is 5.82 Å². The number of benzene rings is 1. The standard InChI is InChI=1S/C14H16FNS/c1-8-4-5-17-14(8)13(16)12-9(2)6-11(15)7-10(12)3/h4-7,13H,16H2,1-3H3. The Bertz CT molecular complexity index is 522. The van der Waals surface area contributed by atoms with E-state index in [4.69, 9.17) is 5.73 Å². The molecule has 0 amide bonds. The van der Waals surface area contributed by atoms with Crippen molar-refractivity contribution in [2.75, 3.05) is 0 Å². The van der Waals surface area contributed by atoms with E-state index in [0.29, 0.717) is 0 Å². The molecule has 1 unspecified atom stereocenters. The van der Waals surface area contributed by atoms with E-state index in [1.165, 1.54) is 5.56 Å². The van der Waals surface area contributed by atoms with E-state index >= 15 is 0 Å². The van der Waals surface area contributed by atoms with Crippen molar-refractivity contribution in [3.63, 3.8) is 0 Å². The second-order valence-electron chi connectivity index (χ2n) is 4.40. The van der Waals surface area contributed by atoms with Gasteiger partial charge < -0.3 is 5.73 Å². The highest BCUT2D eigenvalue weighted by Gasteiger charge is 2.17. The van der Waals surface area contributed by atoms with Crippen LogP contribution in [0.2, 0.25) is 0 Å². The molecule has 0 aliphatic carbocycles. The minimum Gasteiger partial charge on any atom is -0.320 e. The Balaban J connectivity index is 2.51. The van der Waals surface area contributed by atoms with Gasteiger partial charge in [0.25, 0.3) is 0 Å². The smallest absolute Gasteiger partial charge is 0.123 e. The molecule has 3 heteroatoms. The van der Waals surface area contributed by atoms with Gasteiger partial charge in [0.15, 0.2) is 0 Å². The Labute approximate surface area is 105 Å². The minimum absolute atomic E-state index is 0.157. The molecule has 0 aliphatic rings. The van der Waals surface area contributed by atoms with Gasteiger partial charge in [0, 0.05) is 4.88 Å². The summed E-state index contributed by atoms with van der Waals surface area (Å²) >= 11 is 1.66. The Morgan fingerprint density at radius 2 is 1.71 bits per heavy atom. The number of rotatable bonds is 2. The second-order valence-corrected chi connectivity index (χ2v) is 5.35. The number of halogens is 1. The van der Waals surface area contributed by atoms with Crippen molar-refractivity contribution in [2.24, 2.45) is 5.73 Å². The van der Waals surface area contributed by atoms with Gasteiger partial charge in [-0.15, -0.1) is 11.3 Å². The predicted molar refractivity (Wildman–Crippen MR) is 71.0 cm³/mol. The summed E-state index contributed by atoms with van der Waals surface area (Å²) in [6.07, 6.45) is 0. The SMILES string of the molecule is Cc1ccsc1C(N)c1c(C)cc(F)cc1C. The molecule has 2 N–H and O–H groups in total. The molecular weight excluding hydrogens is 233 g/mol. The molecule has 0 saturated carbocycles. The fourth-order valence-electron chi connectivity index (χ4n) is 2.25. The van der Waals surface area contributed by atoms with Crippen molar-refractivity contribution in [2.45, 2.75) is 26.8 Å². The summed E-state index contributed by atoms with van der Waals surface area (Å²) < 4.78 is 13.3. The largest absolute Gasteiger partial charge is 0.320 e. The van der Waals surface area contributed by atoms with E-state index in [2.05, 4.69) is 13.0 Å². The maximum Gasteiger partial charge on any atom is 0.123 e. The van der Waals surface area contributed by atoms with Crippen LogP contribution in [-0.2, 0) is 0 Å². The van der Waals surface area contributed by atoms with Gasteiger partial charge in [-0.2, -0.15) is 0 Å². The molecule has 0 fully saturated rings. The van der Waals surface area contributed by atoms with Crippen LogP contribution < -0.4 is 5.73 Å². The van der Waals surface area contributed by atoms with Gasteiger partial charge in [-0.05, 0) is 66.6 Å². The lowest BCUT2D eigenvalue weighted by Gasteiger charge is -2.17. The lowest BCUT2D eigenvalue weighted by Crippen LogP contribution is -2.14. The van der Waals surface area contributed by atoms with Crippen molar-refractivity contribution in [1.82, 2.24) is 0 Å². The molecule has 1 nitrogen and oxygen atoms in total. The summed E-state index contributed by atoms with van der Waals surface area (Å²) in [6.45, 7) is 5.88. The van der Waals surface area contributed by atoms with Crippen LogP contribution in [0.25, 0.3) is 0 Å². The molecule has 2 rings (SSSR count). The molecule has 0 bridgehead atoms. The van der Waals surface area contributed by atoms with Crippen LogP contribution in [0.1, 0.15) is 33.2 Å². The maximum absolute atomic E-state index is 13.3. The van der Waals surface area contributed by atoms with Gasteiger partial charge in [-0.3, -0.25) is 0 Å². The first-order valence-corrected chi connectivity index (χ1v) is 6.45. The topological polar surface area (TPSA) is 26.0 Å². The highest BCUT2D eigenvalue weighted by Crippen LogP contribution is 2.31. The minimum atomic E-state index is -0.196. The molecule has 90 valence electrons. The molecule has 0 saturated heterocycles. The summed E-state index contributed by atoms with van der Waals surface area (Å²) in [4.78, 5) is 1.16. The first-order chi connectivity index (χ1) is 8.00. The van der Waals surface area contributed by atoms with Crippen LogP contribution >= 0.6 is 11.3 Å². The monoisotopic (exact) mass is 249 g/mol. The van der Waals surface area contributed by atoms with E-state index in [1.807, 2.05) is 19.2 Å². The quantitative estimate of drug-likeness (QED) is 0.859. The van der Waals surface area contributed by atoms with Crippen LogP contribution in [0.4, 0.5) is 4.39 Å². The second kappa shape index (κ2) is 4.59. The van der Waals surface area contributed by atoms with E-state index < -0.39 is 0 Å². The van der Waals surface area contributed by atoms with Crippen molar-refractivity contribution < 1.29 is 4.39 Å². The number of nitrogens with two attached hydrogens (primary N) is 1. The molecule has 0 spiro atoms. The number of thiophene rings is 1. The maximum atomic E-state index is 13.3. The molecule has 17 heavy (non-hydrogen) atoms. The van der Waals surface area contributed by atoms with E-state index in [0.717, 1.165) is 21.6 Å². The van der Waals surface area contributed by atoms with Crippen LogP contribution in [0, 0.1) is 26.6 Å². The summed E-state index contributed by atoms with van der Waals surface area (Å²) in [5.41, 5.74) is 10.4. The average Bonchev–Trinajstić information content (AvgIpc) is 2.62. The molecule has 0 radical (unpaired) electrons. The molecular formula is C14H16FNS. The Morgan fingerprint density at radius 3 is 2.18 bits per heavy atom. The summed E-state index contributed by atoms with van der Waals surface area (Å²) in [7, 11) is 0. The fourth-order valence-corrected chi connectivity index (χ4v) is 3.18. The fraction of sp³-hybridized carbons (Fsp3) is 0.286. The van der Waals surface area contributed by atoms with Crippen molar-refractivity contribution in [1.29, 1.82) is 0 Å². The molecule has 1 aromatic heterocycles. The number of aryl methyl sites for hydroxylation is 3. The normalized spacial score (nSPS) is 12.8. The Kier molecular flexibility index (Phi) is 3.31. The molecule has 2 aromatic rings. The third-order valence-electron chi connectivity index (χ3n) is 3.05. The van der Waals surface area contributed by atoms with Gasteiger partial charge in [-0.1, -0.05) is 0 Å². The average molecular weight is 249 g/mol.